The van der Waals surface area contributed by atoms with Gasteiger partial charge in [0.25, 0.3) is 0 Å². The van der Waals surface area contributed by atoms with Gasteiger partial charge in [0.05, 0.1) is 17.8 Å². The van der Waals surface area contributed by atoms with Crippen LogP contribution in [-0.2, 0) is 37.0 Å². The van der Waals surface area contributed by atoms with Gasteiger partial charge in [0, 0.05) is 49.6 Å². The molecule has 2 aliphatic heterocycles. The lowest BCUT2D eigenvalue weighted by Gasteiger charge is -2.34. The van der Waals surface area contributed by atoms with Gasteiger partial charge >= 0.3 is 18.0 Å². The van der Waals surface area contributed by atoms with Crippen molar-refractivity contribution >= 4 is 35.6 Å². The number of esters is 2. The highest BCUT2D eigenvalue weighted by Crippen LogP contribution is 2.30. The predicted molar refractivity (Wildman–Crippen MR) is 179 cm³/mol. The summed E-state index contributed by atoms with van der Waals surface area (Å²) in [5.41, 5.74) is 8.11. The molecule has 13 nitrogen and oxygen atoms in total. The molecular weight excluding hydrogens is 647 g/mol. The molecule has 14 heteroatoms. The summed E-state index contributed by atoms with van der Waals surface area (Å²) in [5, 5.41) is 3.19. The standard InChI is InChI=1S/C36H35FN6O7/c37-30-16-27(43-20-28(50-36(43)47)11-13-32(38)44)10-12-29(30)26-17-40-35(41-18-26)42-15-14-39-19-31(42)34(46)49-22-24-6-8-25(9-7-24)33(45)48-21-23-4-2-1-3-5-23/h1-10,12,16-18,28,31,39H,11,13-15,19-22H2,(H2,38,44). The largest absolute Gasteiger partial charge is 0.459 e. The van der Waals surface area contributed by atoms with E-state index in [2.05, 4.69) is 15.3 Å². The third kappa shape index (κ3) is 8.21. The predicted octanol–water partition coefficient (Wildman–Crippen LogP) is 3.75. The molecule has 6 rings (SSSR count). The summed E-state index contributed by atoms with van der Waals surface area (Å²) in [4.78, 5) is 61.0. The van der Waals surface area contributed by atoms with Gasteiger partial charge in [0.1, 0.15) is 31.2 Å². The van der Waals surface area contributed by atoms with E-state index >= 15 is 4.39 Å². The second-order valence-corrected chi connectivity index (χ2v) is 11.8. The number of benzene rings is 3. The molecule has 0 radical (unpaired) electrons. The second kappa shape index (κ2) is 15.6. The van der Waals surface area contributed by atoms with E-state index in [1.807, 2.05) is 30.3 Å². The Bertz CT molecular complexity index is 1840. The van der Waals surface area contributed by atoms with Crippen molar-refractivity contribution in [3.05, 3.63) is 108 Å². The van der Waals surface area contributed by atoms with Crippen LogP contribution >= 0.6 is 0 Å². The van der Waals surface area contributed by atoms with Crippen LogP contribution in [0.5, 0.6) is 0 Å². The number of amides is 2. The number of piperazine rings is 1. The van der Waals surface area contributed by atoms with Crippen LogP contribution in [0.4, 0.5) is 20.8 Å². The highest BCUT2D eigenvalue weighted by Gasteiger charge is 2.34. The third-order valence-electron chi connectivity index (χ3n) is 8.36. The van der Waals surface area contributed by atoms with Crippen molar-refractivity contribution in [3.63, 3.8) is 0 Å². The van der Waals surface area contributed by atoms with Gasteiger partial charge in [-0.15, -0.1) is 0 Å². The molecule has 2 fully saturated rings. The van der Waals surface area contributed by atoms with Gasteiger partial charge < -0.3 is 30.2 Å². The van der Waals surface area contributed by atoms with Gasteiger partial charge in [-0.1, -0.05) is 42.5 Å². The van der Waals surface area contributed by atoms with Crippen molar-refractivity contribution in [1.82, 2.24) is 15.3 Å². The first-order chi connectivity index (χ1) is 24.2. The number of nitrogens with two attached hydrogens (primary N) is 1. The van der Waals surface area contributed by atoms with Crippen molar-refractivity contribution < 1.29 is 37.8 Å². The van der Waals surface area contributed by atoms with Crippen molar-refractivity contribution in [1.29, 1.82) is 0 Å². The monoisotopic (exact) mass is 682 g/mol. The SMILES string of the molecule is NC(=O)CCC1CN(c2ccc(-c3cnc(N4CCNCC4C(=O)OCc4ccc(C(=O)OCc5ccccc5)cc4)nc3)c(F)c2)C(=O)O1. The van der Waals surface area contributed by atoms with Gasteiger partial charge in [-0.05, 0) is 47.9 Å². The minimum absolute atomic E-state index is 0.000759. The maximum Gasteiger partial charge on any atom is 0.414 e. The average molecular weight is 683 g/mol. The van der Waals surface area contributed by atoms with Crippen molar-refractivity contribution in [2.75, 3.05) is 36.0 Å². The van der Waals surface area contributed by atoms with Gasteiger partial charge in [-0.2, -0.15) is 0 Å². The molecule has 3 N–H and O–H groups in total. The normalized spacial score (nSPS) is 17.3. The summed E-state index contributed by atoms with van der Waals surface area (Å²) in [6, 6.07) is 19.7. The number of rotatable bonds is 12. The van der Waals surface area contributed by atoms with E-state index in [0.29, 0.717) is 42.0 Å². The van der Waals surface area contributed by atoms with E-state index in [-0.39, 0.29) is 44.1 Å². The molecule has 3 aromatic carbocycles. The summed E-state index contributed by atoms with van der Waals surface area (Å²) in [5.74, 6) is -1.72. The Morgan fingerprint density at radius 1 is 0.960 bits per heavy atom. The summed E-state index contributed by atoms with van der Waals surface area (Å²) in [7, 11) is 0. The van der Waals surface area contributed by atoms with Crippen LogP contribution < -0.4 is 20.9 Å². The molecule has 2 atom stereocenters. The maximum atomic E-state index is 15.3. The number of carbonyl (C=O) groups excluding carboxylic acids is 4. The lowest BCUT2D eigenvalue weighted by atomic mass is 10.1. The zero-order valence-electron chi connectivity index (χ0n) is 27.0. The van der Waals surface area contributed by atoms with Gasteiger partial charge in [-0.3, -0.25) is 9.69 Å². The highest BCUT2D eigenvalue weighted by molar-refractivity contribution is 5.90. The Kier molecular flexibility index (Phi) is 10.6. The molecule has 0 bridgehead atoms. The Labute approximate surface area is 287 Å². The number of cyclic esters (lactones) is 1. The second-order valence-electron chi connectivity index (χ2n) is 11.8. The van der Waals surface area contributed by atoms with Gasteiger partial charge in [-0.25, -0.2) is 28.7 Å². The molecule has 2 aliphatic rings. The van der Waals surface area contributed by atoms with E-state index in [9.17, 15) is 19.2 Å². The summed E-state index contributed by atoms with van der Waals surface area (Å²) in [6.45, 7) is 1.69. The molecule has 2 saturated heterocycles. The van der Waals surface area contributed by atoms with Gasteiger partial charge in [0.2, 0.25) is 11.9 Å². The minimum atomic E-state index is -0.704. The quantitative estimate of drug-likeness (QED) is 0.165. The Morgan fingerprint density at radius 3 is 2.40 bits per heavy atom. The first-order valence-corrected chi connectivity index (χ1v) is 16.1. The molecule has 2 unspecified atom stereocenters. The highest BCUT2D eigenvalue weighted by atomic mass is 19.1. The number of carbonyl (C=O) groups is 4. The molecule has 0 aliphatic carbocycles. The number of hydrogen-bond donors (Lipinski definition) is 2. The summed E-state index contributed by atoms with van der Waals surface area (Å²) >= 11 is 0. The van der Waals surface area contributed by atoms with E-state index in [1.165, 1.54) is 29.4 Å². The lowest BCUT2D eigenvalue weighted by Crippen LogP contribution is -2.56. The van der Waals surface area contributed by atoms with Crippen LogP contribution in [0.15, 0.2) is 85.2 Å². The molecule has 2 amide bonds. The van der Waals surface area contributed by atoms with Crippen LogP contribution in [0, 0.1) is 5.82 Å². The van der Waals surface area contributed by atoms with Crippen molar-refractivity contribution in [2.24, 2.45) is 5.73 Å². The van der Waals surface area contributed by atoms with Crippen LogP contribution in [0.25, 0.3) is 11.1 Å². The maximum absolute atomic E-state index is 15.3. The molecule has 4 aromatic rings. The Balaban J connectivity index is 1.04. The van der Waals surface area contributed by atoms with Crippen molar-refractivity contribution in [3.8, 4) is 11.1 Å². The summed E-state index contributed by atoms with van der Waals surface area (Å²) < 4.78 is 31.6. The Morgan fingerprint density at radius 2 is 1.68 bits per heavy atom. The molecule has 258 valence electrons. The number of halogens is 1. The first-order valence-electron chi connectivity index (χ1n) is 16.1. The molecule has 0 spiro atoms. The number of nitrogens with one attached hydrogen (secondary N) is 1. The zero-order valence-corrected chi connectivity index (χ0v) is 27.0. The fourth-order valence-electron chi connectivity index (χ4n) is 5.65. The van der Waals surface area contributed by atoms with E-state index in [0.717, 1.165) is 5.56 Å². The molecule has 3 heterocycles. The summed E-state index contributed by atoms with van der Waals surface area (Å²) in [6.07, 6.45) is 2.17. The molecule has 1 aromatic heterocycles. The van der Waals surface area contributed by atoms with E-state index in [1.54, 1.807) is 35.2 Å². The van der Waals surface area contributed by atoms with Gasteiger partial charge in [0.15, 0.2) is 0 Å². The topological polar surface area (TPSA) is 166 Å². The number of ether oxygens (including phenoxy) is 3. The fourth-order valence-corrected chi connectivity index (χ4v) is 5.65. The number of primary amides is 1. The number of nitrogens with zero attached hydrogens (tertiary/aromatic N) is 4. The first kappa shape index (κ1) is 34.0. The number of anilines is 2. The third-order valence-corrected chi connectivity index (χ3v) is 8.36. The lowest BCUT2D eigenvalue weighted by molar-refractivity contribution is -0.146. The molecule has 50 heavy (non-hydrogen) atoms. The smallest absolute Gasteiger partial charge is 0.414 e. The Hall–Kier alpha value is -5.89. The number of aromatic nitrogens is 2. The number of hydrogen-bond acceptors (Lipinski definition) is 11. The van der Waals surface area contributed by atoms with E-state index < -0.39 is 41.9 Å². The van der Waals surface area contributed by atoms with Crippen LogP contribution in [0.2, 0.25) is 0 Å². The minimum Gasteiger partial charge on any atom is -0.459 e. The van der Waals surface area contributed by atoms with E-state index in [4.69, 9.17) is 19.9 Å². The van der Waals surface area contributed by atoms with Crippen LogP contribution in [-0.4, -0.2) is 72.2 Å². The van der Waals surface area contributed by atoms with Crippen molar-refractivity contribution in [2.45, 2.75) is 38.2 Å². The van der Waals surface area contributed by atoms with Crippen LogP contribution in [0.1, 0.15) is 34.3 Å². The van der Waals surface area contributed by atoms with Crippen LogP contribution in [0.3, 0.4) is 0 Å². The average Bonchev–Trinajstić information content (AvgIpc) is 3.52. The molecular formula is C36H35FN6O7. The zero-order chi connectivity index (χ0) is 35.0. The molecule has 0 saturated carbocycles. The fraction of sp³-hybridized carbons (Fsp3) is 0.278.